The van der Waals surface area contributed by atoms with Gasteiger partial charge in [0.05, 0.1) is 10.7 Å². The Balaban J connectivity index is 1.60. The molecule has 0 bridgehead atoms. The summed E-state index contributed by atoms with van der Waals surface area (Å²) in [5.41, 5.74) is 1.31. The minimum atomic E-state index is -0.381. The molecular weight excluding hydrogens is 352 g/mol. The SMILES string of the molecule is O=C(Nc1cccc(F)c1)N1CCN(c2cc(Cl)ccc2Cl)CC1. The molecule has 2 aromatic rings. The summed E-state index contributed by atoms with van der Waals surface area (Å²) in [6.07, 6.45) is 0. The normalized spacial score (nSPS) is 14.6. The van der Waals surface area contributed by atoms with Crippen molar-refractivity contribution in [1.82, 2.24) is 4.90 Å². The third-order valence-corrected chi connectivity index (χ3v) is 4.45. The Morgan fingerprint density at radius 3 is 2.50 bits per heavy atom. The molecule has 0 unspecified atom stereocenters. The molecular formula is C17H16Cl2FN3O. The summed E-state index contributed by atoms with van der Waals surface area (Å²) in [7, 11) is 0. The smallest absolute Gasteiger partial charge is 0.321 e. The van der Waals surface area contributed by atoms with Gasteiger partial charge in [-0.05, 0) is 36.4 Å². The first kappa shape index (κ1) is 16.9. The van der Waals surface area contributed by atoms with Crippen LogP contribution in [0.2, 0.25) is 10.0 Å². The number of benzene rings is 2. The van der Waals surface area contributed by atoms with E-state index in [0.717, 1.165) is 5.69 Å². The molecule has 7 heteroatoms. The second-order valence-electron chi connectivity index (χ2n) is 5.51. The topological polar surface area (TPSA) is 35.6 Å². The summed E-state index contributed by atoms with van der Waals surface area (Å²) >= 11 is 12.2. The van der Waals surface area contributed by atoms with Crippen LogP contribution in [0.3, 0.4) is 0 Å². The molecule has 1 heterocycles. The second kappa shape index (κ2) is 7.28. The lowest BCUT2D eigenvalue weighted by atomic mass is 10.2. The minimum Gasteiger partial charge on any atom is -0.367 e. The molecule has 0 saturated carbocycles. The van der Waals surface area contributed by atoms with Gasteiger partial charge in [0, 0.05) is 36.9 Å². The molecule has 0 atom stereocenters. The molecule has 1 aliphatic heterocycles. The van der Waals surface area contributed by atoms with E-state index in [9.17, 15) is 9.18 Å². The molecule has 0 aromatic heterocycles. The zero-order chi connectivity index (χ0) is 17.1. The average Bonchev–Trinajstić information content (AvgIpc) is 2.57. The molecule has 4 nitrogen and oxygen atoms in total. The predicted octanol–water partition coefficient (Wildman–Crippen LogP) is 4.49. The zero-order valence-electron chi connectivity index (χ0n) is 12.8. The number of nitrogens with zero attached hydrogens (tertiary/aromatic N) is 2. The highest BCUT2D eigenvalue weighted by Crippen LogP contribution is 2.29. The van der Waals surface area contributed by atoms with Gasteiger partial charge in [0.2, 0.25) is 0 Å². The van der Waals surface area contributed by atoms with Crippen LogP contribution in [0.5, 0.6) is 0 Å². The number of nitrogens with one attached hydrogen (secondary N) is 1. The van der Waals surface area contributed by atoms with E-state index in [1.807, 2.05) is 6.07 Å². The Bertz CT molecular complexity index is 748. The fourth-order valence-electron chi connectivity index (χ4n) is 2.65. The predicted molar refractivity (Wildman–Crippen MR) is 95.7 cm³/mol. The van der Waals surface area contributed by atoms with E-state index in [-0.39, 0.29) is 11.8 Å². The number of hydrogen-bond donors (Lipinski definition) is 1. The van der Waals surface area contributed by atoms with Crippen LogP contribution in [0, 0.1) is 5.82 Å². The Kier molecular flexibility index (Phi) is 5.11. The monoisotopic (exact) mass is 367 g/mol. The van der Waals surface area contributed by atoms with E-state index in [1.165, 1.54) is 12.1 Å². The molecule has 24 heavy (non-hydrogen) atoms. The van der Waals surface area contributed by atoms with Gasteiger partial charge in [-0.2, -0.15) is 0 Å². The van der Waals surface area contributed by atoms with Gasteiger partial charge >= 0.3 is 6.03 Å². The van der Waals surface area contributed by atoms with E-state index in [1.54, 1.807) is 29.2 Å². The average molecular weight is 368 g/mol. The van der Waals surface area contributed by atoms with Crippen LogP contribution in [0.1, 0.15) is 0 Å². The van der Waals surface area contributed by atoms with Gasteiger partial charge in [0.25, 0.3) is 0 Å². The maximum atomic E-state index is 13.2. The van der Waals surface area contributed by atoms with E-state index >= 15 is 0 Å². The van der Waals surface area contributed by atoms with Gasteiger partial charge < -0.3 is 15.1 Å². The molecule has 1 fully saturated rings. The molecule has 126 valence electrons. The third-order valence-electron chi connectivity index (χ3n) is 3.89. The van der Waals surface area contributed by atoms with Gasteiger partial charge in [-0.15, -0.1) is 0 Å². The number of carbonyl (C=O) groups excluding carboxylic acids is 1. The van der Waals surface area contributed by atoms with E-state index in [2.05, 4.69) is 10.2 Å². The summed E-state index contributed by atoms with van der Waals surface area (Å²) in [4.78, 5) is 16.1. The summed E-state index contributed by atoms with van der Waals surface area (Å²) in [5.74, 6) is -0.381. The number of halogens is 3. The summed E-state index contributed by atoms with van der Waals surface area (Å²) < 4.78 is 13.2. The number of rotatable bonds is 2. The molecule has 2 amide bonds. The van der Waals surface area contributed by atoms with Crippen molar-refractivity contribution in [1.29, 1.82) is 0 Å². The Labute approximate surface area is 149 Å². The second-order valence-corrected chi connectivity index (χ2v) is 6.35. The first-order valence-corrected chi connectivity index (χ1v) is 8.30. The molecule has 0 aliphatic carbocycles. The standard InChI is InChI=1S/C17H16Cl2FN3O/c18-12-4-5-15(19)16(10-12)22-6-8-23(9-7-22)17(24)21-14-3-1-2-13(20)11-14/h1-5,10-11H,6-9H2,(H,21,24). The van der Waals surface area contributed by atoms with Crippen LogP contribution in [-0.2, 0) is 0 Å². The van der Waals surface area contributed by atoms with E-state index in [0.29, 0.717) is 41.9 Å². The Morgan fingerprint density at radius 2 is 1.79 bits per heavy atom. The lowest BCUT2D eigenvalue weighted by Gasteiger charge is -2.36. The van der Waals surface area contributed by atoms with Crippen LogP contribution in [0.4, 0.5) is 20.6 Å². The maximum Gasteiger partial charge on any atom is 0.321 e. The van der Waals surface area contributed by atoms with E-state index in [4.69, 9.17) is 23.2 Å². The van der Waals surface area contributed by atoms with Crippen LogP contribution >= 0.6 is 23.2 Å². The maximum absolute atomic E-state index is 13.2. The number of urea groups is 1. The van der Waals surface area contributed by atoms with Crippen molar-refractivity contribution in [3.05, 3.63) is 58.3 Å². The summed E-state index contributed by atoms with van der Waals surface area (Å²) in [6, 6.07) is 10.9. The first-order valence-electron chi connectivity index (χ1n) is 7.54. The zero-order valence-corrected chi connectivity index (χ0v) is 14.3. The van der Waals surface area contributed by atoms with Gasteiger partial charge in [-0.3, -0.25) is 0 Å². The first-order chi connectivity index (χ1) is 11.5. The largest absolute Gasteiger partial charge is 0.367 e. The molecule has 1 aliphatic rings. The lowest BCUT2D eigenvalue weighted by Crippen LogP contribution is -2.50. The van der Waals surface area contributed by atoms with Crippen molar-refractivity contribution in [2.24, 2.45) is 0 Å². The fourth-order valence-corrected chi connectivity index (χ4v) is 3.05. The fraction of sp³-hybridized carbons (Fsp3) is 0.235. The lowest BCUT2D eigenvalue weighted by molar-refractivity contribution is 0.208. The minimum absolute atomic E-state index is 0.238. The van der Waals surface area contributed by atoms with Crippen molar-refractivity contribution in [2.45, 2.75) is 0 Å². The molecule has 3 rings (SSSR count). The van der Waals surface area contributed by atoms with Crippen molar-refractivity contribution < 1.29 is 9.18 Å². The van der Waals surface area contributed by atoms with Gasteiger partial charge in [0.1, 0.15) is 5.82 Å². The number of hydrogen-bond acceptors (Lipinski definition) is 2. The molecule has 0 spiro atoms. The Morgan fingerprint density at radius 1 is 1.04 bits per heavy atom. The van der Waals surface area contributed by atoms with Crippen molar-refractivity contribution in [3.63, 3.8) is 0 Å². The Hall–Kier alpha value is -1.98. The quantitative estimate of drug-likeness (QED) is 0.848. The summed E-state index contributed by atoms with van der Waals surface area (Å²) in [6.45, 7) is 2.39. The van der Waals surface area contributed by atoms with Crippen LogP contribution in [0.15, 0.2) is 42.5 Å². The number of amides is 2. The van der Waals surface area contributed by atoms with E-state index < -0.39 is 0 Å². The highest BCUT2D eigenvalue weighted by molar-refractivity contribution is 6.35. The molecule has 1 N–H and O–H groups in total. The van der Waals surface area contributed by atoms with Gasteiger partial charge in [-0.1, -0.05) is 29.3 Å². The molecule has 0 radical (unpaired) electrons. The highest BCUT2D eigenvalue weighted by atomic mass is 35.5. The number of carbonyl (C=O) groups is 1. The highest BCUT2D eigenvalue weighted by Gasteiger charge is 2.22. The van der Waals surface area contributed by atoms with Crippen molar-refractivity contribution in [2.75, 3.05) is 36.4 Å². The van der Waals surface area contributed by atoms with Crippen LogP contribution in [-0.4, -0.2) is 37.1 Å². The number of anilines is 2. The van der Waals surface area contributed by atoms with Crippen molar-refractivity contribution >= 4 is 40.6 Å². The third kappa shape index (κ3) is 3.91. The molecule has 2 aromatic carbocycles. The van der Waals surface area contributed by atoms with Crippen LogP contribution in [0.25, 0.3) is 0 Å². The van der Waals surface area contributed by atoms with Crippen molar-refractivity contribution in [3.8, 4) is 0 Å². The summed E-state index contributed by atoms with van der Waals surface area (Å²) in [5, 5.41) is 3.97. The van der Waals surface area contributed by atoms with Gasteiger partial charge in [0.15, 0.2) is 0 Å². The number of piperazine rings is 1. The molecule has 1 saturated heterocycles. The van der Waals surface area contributed by atoms with Crippen LogP contribution < -0.4 is 10.2 Å². The van der Waals surface area contributed by atoms with Gasteiger partial charge in [-0.25, -0.2) is 9.18 Å².